The van der Waals surface area contributed by atoms with Crippen molar-refractivity contribution in [1.29, 1.82) is 0 Å². The average molecular weight is 421 g/mol. The smallest absolute Gasteiger partial charge is 0.268 e. The summed E-state index contributed by atoms with van der Waals surface area (Å²) in [6.45, 7) is 7.68. The predicted molar refractivity (Wildman–Crippen MR) is 122 cm³/mol. The fraction of sp³-hybridized carbons (Fsp3) is 0.261. The van der Waals surface area contributed by atoms with E-state index in [0.29, 0.717) is 23.0 Å². The number of hydrogen-bond donors (Lipinski definition) is 1. The molecule has 0 bridgehead atoms. The summed E-state index contributed by atoms with van der Waals surface area (Å²) in [5.74, 6) is 0.682. The van der Waals surface area contributed by atoms with E-state index in [1.807, 2.05) is 52.0 Å². The third kappa shape index (κ3) is 4.15. The second kappa shape index (κ2) is 8.23. The van der Waals surface area contributed by atoms with Gasteiger partial charge in [0.15, 0.2) is 0 Å². The molecule has 31 heavy (non-hydrogen) atoms. The zero-order valence-electron chi connectivity index (χ0n) is 17.9. The summed E-state index contributed by atoms with van der Waals surface area (Å²) in [4.78, 5) is 21.2. The van der Waals surface area contributed by atoms with Crippen molar-refractivity contribution in [2.24, 2.45) is 5.73 Å². The minimum atomic E-state index is -0.0596. The predicted octanol–water partition coefficient (Wildman–Crippen LogP) is 4.42. The molecule has 0 amide bonds. The molecule has 2 N–H and O–H groups in total. The molecule has 0 saturated heterocycles. The molecule has 0 fully saturated rings. The number of nitrogens with two attached hydrogens (primary N) is 1. The summed E-state index contributed by atoms with van der Waals surface area (Å²) in [6.07, 6.45) is 3.46. The number of nitrogens with zero attached hydrogens (tertiary/aromatic N) is 5. The summed E-state index contributed by atoms with van der Waals surface area (Å²) >= 11 is 0. The molecule has 8 nitrogen and oxygen atoms in total. The summed E-state index contributed by atoms with van der Waals surface area (Å²) in [5, 5.41) is 8.35. The molecule has 4 rings (SSSR count). The lowest BCUT2D eigenvalue weighted by molar-refractivity contribution is 0.578. The third-order valence-corrected chi connectivity index (χ3v) is 5.06. The molecule has 0 aliphatic carbocycles. The van der Waals surface area contributed by atoms with Crippen molar-refractivity contribution >= 4 is 0 Å². The summed E-state index contributed by atoms with van der Waals surface area (Å²) in [5.41, 5.74) is 10.3. The Kier molecular flexibility index (Phi) is 5.48. The van der Waals surface area contributed by atoms with E-state index in [1.165, 1.54) is 6.07 Å². The monoisotopic (exact) mass is 420 g/mol. The van der Waals surface area contributed by atoms with E-state index in [1.54, 1.807) is 23.0 Å². The Morgan fingerprint density at radius 1 is 1.00 bits per heavy atom. The minimum Gasteiger partial charge on any atom is -0.415 e. The standard InChI is InChI=1S/C23H24N6O2.2H2/c1-13(2)29-12-18(9-10-20(29)30)19-11-25-15(4)21(26-19)23-28-27-22(31-23)17-7-5-16(6-8-17)14(3)24;;/h5-14H,24H2,1-4H3;2*1H. The Labute approximate surface area is 182 Å². The van der Waals surface area contributed by atoms with Gasteiger partial charge >= 0.3 is 0 Å². The van der Waals surface area contributed by atoms with E-state index in [9.17, 15) is 4.79 Å². The van der Waals surface area contributed by atoms with Crippen molar-refractivity contribution in [3.05, 3.63) is 70.4 Å². The molecular weight excluding hydrogens is 392 g/mol. The molecule has 8 heteroatoms. The van der Waals surface area contributed by atoms with Crippen LogP contribution in [0.5, 0.6) is 0 Å². The van der Waals surface area contributed by atoms with Crippen LogP contribution in [0.25, 0.3) is 34.3 Å². The first kappa shape index (κ1) is 20.6. The average Bonchev–Trinajstić information content (AvgIpc) is 3.24. The molecule has 4 aromatic rings. The molecule has 1 atom stereocenters. The second-order valence-electron chi connectivity index (χ2n) is 7.77. The fourth-order valence-electron chi connectivity index (χ4n) is 3.21. The van der Waals surface area contributed by atoms with Gasteiger partial charge in [-0.2, -0.15) is 0 Å². The van der Waals surface area contributed by atoms with Gasteiger partial charge in [-0.25, -0.2) is 4.98 Å². The van der Waals surface area contributed by atoms with Gasteiger partial charge in [0.1, 0.15) is 5.69 Å². The molecule has 162 valence electrons. The van der Waals surface area contributed by atoms with Crippen molar-refractivity contribution in [2.45, 2.75) is 39.8 Å². The van der Waals surface area contributed by atoms with Crippen molar-refractivity contribution in [3.8, 4) is 34.3 Å². The van der Waals surface area contributed by atoms with Gasteiger partial charge < -0.3 is 14.7 Å². The highest BCUT2D eigenvalue weighted by Crippen LogP contribution is 2.27. The Bertz CT molecular complexity index is 1280. The third-order valence-electron chi connectivity index (χ3n) is 5.06. The van der Waals surface area contributed by atoms with Gasteiger partial charge in [0, 0.05) is 38.3 Å². The Hall–Kier alpha value is -3.65. The highest BCUT2D eigenvalue weighted by molar-refractivity contribution is 5.63. The first-order chi connectivity index (χ1) is 14.8. The van der Waals surface area contributed by atoms with Gasteiger partial charge in [-0.05, 0) is 51.5 Å². The quantitative estimate of drug-likeness (QED) is 0.508. The first-order valence-corrected chi connectivity index (χ1v) is 10.1. The highest BCUT2D eigenvalue weighted by Gasteiger charge is 2.17. The van der Waals surface area contributed by atoms with Crippen LogP contribution in [-0.2, 0) is 0 Å². The van der Waals surface area contributed by atoms with Crippen LogP contribution >= 0.6 is 0 Å². The number of benzene rings is 1. The van der Waals surface area contributed by atoms with Crippen LogP contribution in [0.2, 0.25) is 0 Å². The van der Waals surface area contributed by atoms with Gasteiger partial charge in [-0.15, -0.1) is 10.2 Å². The van der Waals surface area contributed by atoms with Crippen LogP contribution in [0.1, 0.15) is 47.0 Å². The van der Waals surface area contributed by atoms with Gasteiger partial charge in [-0.3, -0.25) is 9.78 Å². The van der Waals surface area contributed by atoms with E-state index in [-0.39, 0.29) is 26.4 Å². The van der Waals surface area contributed by atoms with E-state index in [4.69, 9.17) is 15.1 Å². The topological polar surface area (TPSA) is 113 Å². The van der Waals surface area contributed by atoms with Gasteiger partial charge in [0.2, 0.25) is 5.89 Å². The van der Waals surface area contributed by atoms with Crippen LogP contribution in [0.3, 0.4) is 0 Å². The van der Waals surface area contributed by atoms with Crippen molar-refractivity contribution in [1.82, 2.24) is 24.7 Å². The van der Waals surface area contributed by atoms with Crippen LogP contribution in [0.4, 0.5) is 0 Å². The first-order valence-electron chi connectivity index (χ1n) is 10.1. The van der Waals surface area contributed by atoms with Gasteiger partial charge in [0.05, 0.1) is 17.6 Å². The minimum absolute atomic E-state index is 0. The fourth-order valence-corrected chi connectivity index (χ4v) is 3.21. The van der Waals surface area contributed by atoms with Crippen molar-refractivity contribution in [3.63, 3.8) is 0 Å². The lowest BCUT2D eigenvalue weighted by Crippen LogP contribution is -2.20. The van der Waals surface area contributed by atoms with Crippen LogP contribution < -0.4 is 11.3 Å². The molecule has 1 aromatic carbocycles. The van der Waals surface area contributed by atoms with Crippen molar-refractivity contribution in [2.75, 3.05) is 0 Å². The maximum atomic E-state index is 12.1. The number of aromatic nitrogens is 5. The van der Waals surface area contributed by atoms with Crippen LogP contribution in [0, 0.1) is 6.92 Å². The lowest BCUT2D eigenvalue weighted by Gasteiger charge is -2.11. The Morgan fingerprint density at radius 2 is 1.68 bits per heavy atom. The SMILES string of the molecule is Cc1ncc(-c2ccc(=O)n(C(C)C)c2)nc1-c1nnc(-c2ccc(C(C)N)cc2)o1.[HH].[HH]. The van der Waals surface area contributed by atoms with E-state index < -0.39 is 0 Å². The van der Waals surface area contributed by atoms with E-state index in [2.05, 4.69) is 15.2 Å². The summed E-state index contributed by atoms with van der Waals surface area (Å²) in [6, 6.07) is 11.0. The molecule has 0 aliphatic rings. The number of pyridine rings is 1. The summed E-state index contributed by atoms with van der Waals surface area (Å²) in [7, 11) is 0. The molecule has 1 unspecified atom stereocenters. The molecule has 0 saturated carbocycles. The van der Waals surface area contributed by atoms with Gasteiger partial charge in [0.25, 0.3) is 11.4 Å². The maximum Gasteiger partial charge on any atom is 0.268 e. The largest absolute Gasteiger partial charge is 0.415 e. The van der Waals surface area contributed by atoms with E-state index >= 15 is 0 Å². The molecule has 0 aliphatic heterocycles. The van der Waals surface area contributed by atoms with Crippen molar-refractivity contribution < 1.29 is 7.27 Å². The zero-order valence-corrected chi connectivity index (χ0v) is 17.9. The second-order valence-corrected chi connectivity index (χ2v) is 7.77. The van der Waals surface area contributed by atoms with Crippen LogP contribution in [0.15, 0.2) is 58.0 Å². The summed E-state index contributed by atoms with van der Waals surface area (Å²) < 4.78 is 7.56. The highest BCUT2D eigenvalue weighted by atomic mass is 16.4. The normalized spacial score (nSPS) is 12.3. The Morgan fingerprint density at radius 3 is 2.35 bits per heavy atom. The molecule has 3 aromatic heterocycles. The zero-order chi connectivity index (χ0) is 22.1. The van der Waals surface area contributed by atoms with E-state index in [0.717, 1.165) is 16.7 Å². The number of rotatable bonds is 5. The van der Waals surface area contributed by atoms with Gasteiger partial charge in [-0.1, -0.05) is 12.1 Å². The molecule has 0 spiro atoms. The van der Waals surface area contributed by atoms with Crippen LogP contribution in [-0.4, -0.2) is 24.7 Å². The molecule has 0 radical (unpaired) electrons. The number of aryl methyl sites for hydroxylation is 1. The number of hydrogen-bond acceptors (Lipinski definition) is 7. The Balaban J connectivity index is 0.00000193. The lowest BCUT2D eigenvalue weighted by atomic mass is 10.1. The molecule has 3 heterocycles. The molecular formula is C23H28N6O2. The maximum absolute atomic E-state index is 12.1.